The second-order valence-corrected chi connectivity index (χ2v) is 4.27. The normalized spacial score (nSPS) is 12.1. The number of rotatable bonds is 7. The molecule has 0 heterocycles. The third-order valence-electron chi connectivity index (χ3n) is 2.86. The maximum Gasteiger partial charge on any atom is 0.346 e. The van der Waals surface area contributed by atoms with Crippen molar-refractivity contribution in [3.63, 3.8) is 0 Å². The van der Waals surface area contributed by atoms with Gasteiger partial charge in [-0.3, -0.25) is 20.2 Å². The van der Waals surface area contributed by atoms with Crippen molar-refractivity contribution in [2.24, 2.45) is 0 Å². The lowest BCUT2D eigenvalue weighted by atomic mass is 10.0. The maximum atomic E-state index is 10.8. The summed E-state index contributed by atoms with van der Waals surface area (Å²) in [5.41, 5.74) is -0.806. The van der Waals surface area contributed by atoms with Gasteiger partial charge in [0.2, 0.25) is 0 Å². The topological polar surface area (TPSA) is 107 Å². The number of aliphatic hydroxyl groups excluding tert-OH is 1. The van der Waals surface area contributed by atoms with Crippen LogP contribution >= 0.6 is 0 Å². The van der Waals surface area contributed by atoms with Gasteiger partial charge < -0.3 is 5.11 Å². The fourth-order valence-corrected chi connectivity index (χ4v) is 1.80. The number of nitro benzene ring substituents is 2. The molecule has 0 fully saturated rings. The molecular formula is C12H16N2O5. The Bertz CT molecular complexity index is 475. The largest absolute Gasteiger partial charge is 0.388 e. The molecule has 0 aliphatic heterocycles. The monoisotopic (exact) mass is 268 g/mol. The van der Waals surface area contributed by atoms with Crippen LogP contribution in [0.25, 0.3) is 0 Å². The van der Waals surface area contributed by atoms with Crippen molar-refractivity contribution in [3.8, 4) is 0 Å². The number of hydrogen-bond donors (Lipinski definition) is 1. The van der Waals surface area contributed by atoms with Crippen LogP contribution in [0.4, 0.5) is 11.4 Å². The minimum absolute atomic E-state index is 0.341. The van der Waals surface area contributed by atoms with E-state index in [-0.39, 0.29) is 0 Å². The van der Waals surface area contributed by atoms with E-state index in [0.29, 0.717) is 12.0 Å². The molecule has 19 heavy (non-hydrogen) atoms. The van der Waals surface area contributed by atoms with Crippen molar-refractivity contribution in [1.29, 1.82) is 0 Å². The summed E-state index contributed by atoms with van der Waals surface area (Å²) >= 11 is 0. The number of hydrogen-bond acceptors (Lipinski definition) is 5. The highest BCUT2D eigenvalue weighted by molar-refractivity contribution is 5.54. The molecule has 0 aromatic heterocycles. The third-order valence-corrected chi connectivity index (χ3v) is 2.86. The van der Waals surface area contributed by atoms with Gasteiger partial charge in [0.05, 0.1) is 16.0 Å². The summed E-state index contributed by atoms with van der Waals surface area (Å²) in [5, 5.41) is 31.3. The van der Waals surface area contributed by atoms with Crippen LogP contribution in [-0.4, -0.2) is 15.0 Å². The summed E-state index contributed by atoms with van der Waals surface area (Å²) < 4.78 is 0. The number of benzene rings is 1. The summed E-state index contributed by atoms with van der Waals surface area (Å²) in [7, 11) is 0. The van der Waals surface area contributed by atoms with E-state index >= 15 is 0 Å². The quantitative estimate of drug-likeness (QED) is 0.464. The van der Waals surface area contributed by atoms with Crippen LogP contribution in [0.1, 0.15) is 44.3 Å². The molecule has 0 aliphatic carbocycles. The number of unbranched alkanes of at least 4 members (excludes halogenated alkanes) is 2. The van der Waals surface area contributed by atoms with Crippen molar-refractivity contribution in [1.82, 2.24) is 0 Å². The lowest BCUT2D eigenvalue weighted by molar-refractivity contribution is -0.422. The van der Waals surface area contributed by atoms with Crippen LogP contribution < -0.4 is 0 Å². The number of aliphatic hydroxyl groups is 1. The SMILES string of the molecule is CCCCCC(O)c1ccc([N+](=O)[O-])c([N+](=O)[O-])c1. The van der Waals surface area contributed by atoms with Gasteiger partial charge in [0, 0.05) is 12.1 Å². The summed E-state index contributed by atoms with van der Waals surface area (Å²) in [6, 6.07) is 3.51. The highest BCUT2D eigenvalue weighted by atomic mass is 16.6. The van der Waals surface area contributed by atoms with Crippen LogP contribution in [0.5, 0.6) is 0 Å². The molecule has 1 atom stereocenters. The lowest BCUT2D eigenvalue weighted by Gasteiger charge is -2.10. The molecule has 7 nitrogen and oxygen atoms in total. The molecular weight excluding hydrogens is 252 g/mol. The number of nitro groups is 2. The van der Waals surface area contributed by atoms with Crippen LogP contribution in [0.2, 0.25) is 0 Å². The van der Waals surface area contributed by atoms with E-state index in [4.69, 9.17) is 0 Å². The molecule has 1 rings (SSSR count). The Morgan fingerprint density at radius 1 is 1.16 bits per heavy atom. The van der Waals surface area contributed by atoms with Gasteiger partial charge >= 0.3 is 11.4 Å². The Labute approximate surface area is 110 Å². The Morgan fingerprint density at radius 3 is 2.32 bits per heavy atom. The van der Waals surface area contributed by atoms with Gasteiger partial charge in [0.15, 0.2) is 0 Å². The number of nitrogens with zero attached hydrogens (tertiary/aromatic N) is 2. The Hall–Kier alpha value is -2.02. The molecule has 104 valence electrons. The van der Waals surface area contributed by atoms with Gasteiger partial charge in [-0.05, 0) is 18.1 Å². The van der Waals surface area contributed by atoms with E-state index < -0.39 is 27.3 Å². The molecule has 0 saturated carbocycles. The lowest BCUT2D eigenvalue weighted by Crippen LogP contribution is -2.01. The van der Waals surface area contributed by atoms with Crippen molar-refractivity contribution < 1.29 is 15.0 Å². The zero-order chi connectivity index (χ0) is 14.4. The van der Waals surface area contributed by atoms with Gasteiger partial charge in [0.25, 0.3) is 0 Å². The summed E-state index contributed by atoms with van der Waals surface area (Å²) in [6.07, 6.45) is 2.44. The van der Waals surface area contributed by atoms with Crippen molar-refractivity contribution >= 4 is 11.4 Å². The zero-order valence-corrected chi connectivity index (χ0v) is 10.6. The van der Waals surface area contributed by atoms with Crippen LogP contribution in [0.3, 0.4) is 0 Å². The Morgan fingerprint density at radius 2 is 1.79 bits per heavy atom. The average Bonchev–Trinajstić information content (AvgIpc) is 2.38. The van der Waals surface area contributed by atoms with E-state index in [9.17, 15) is 25.3 Å². The highest BCUT2D eigenvalue weighted by Gasteiger charge is 2.25. The summed E-state index contributed by atoms with van der Waals surface area (Å²) in [6.45, 7) is 2.03. The smallest absolute Gasteiger partial charge is 0.346 e. The first-order valence-corrected chi connectivity index (χ1v) is 6.08. The minimum Gasteiger partial charge on any atom is -0.388 e. The Balaban J connectivity index is 2.95. The maximum absolute atomic E-state index is 10.8. The Kier molecular flexibility index (Phi) is 5.37. The van der Waals surface area contributed by atoms with Crippen molar-refractivity contribution in [2.75, 3.05) is 0 Å². The molecule has 0 amide bonds. The van der Waals surface area contributed by atoms with Gasteiger partial charge in [-0.15, -0.1) is 0 Å². The molecule has 0 saturated heterocycles. The van der Waals surface area contributed by atoms with Crippen molar-refractivity contribution in [3.05, 3.63) is 44.0 Å². The fourth-order valence-electron chi connectivity index (χ4n) is 1.80. The second kappa shape index (κ2) is 6.79. The molecule has 1 aromatic rings. The minimum atomic E-state index is -0.828. The predicted molar refractivity (Wildman–Crippen MR) is 68.9 cm³/mol. The first-order valence-electron chi connectivity index (χ1n) is 6.08. The molecule has 7 heteroatoms. The molecule has 0 aliphatic rings. The summed E-state index contributed by atoms with van der Waals surface area (Å²) in [5.74, 6) is 0. The second-order valence-electron chi connectivity index (χ2n) is 4.27. The van der Waals surface area contributed by atoms with Crippen molar-refractivity contribution in [2.45, 2.75) is 38.7 Å². The standard InChI is InChI=1S/C12H16N2O5/c1-2-3-4-5-12(15)9-6-7-10(13(16)17)11(8-9)14(18)19/h6-8,12,15H,2-5H2,1H3. The van der Waals surface area contributed by atoms with E-state index in [2.05, 4.69) is 0 Å². The molecule has 0 bridgehead atoms. The van der Waals surface area contributed by atoms with E-state index in [1.165, 1.54) is 6.07 Å². The molecule has 1 aromatic carbocycles. The van der Waals surface area contributed by atoms with Crippen LogP contribution in [-0.2, 0) is 0 Å². The first kappa shape index (κ1) is 15.0. The summed E-state index contributed by atoms with van der Waals surface area (Å²) in [4.78, 5) is 19.8. The molecule has 1 unspecified atom stereocenters. The van der Waals surface area contributed by atoms with Gasteiger partial charge in [0.1, 0.15) is 0 Å². The first-order chi connectivity index (χ1) is 8.97. The van der Waals surface area contributed by atoms with Crippen LogP contribution in [0, 0.1) is 20.2 Å². The van der Waals surface area contributed by atoms with Gasteiger partial charge in [-0.25, -0.2) is 0 Å². The molecule has 0 radical (unpaired) electrons. The van der Waals surface area contributed by atoms with Gasteiger partial charge in [-0.1, -0.05) is 26.2 Å². The van der Waals surface area contributed by atoms with Gasteiger partial charge in [-0.2, -0.15) is 0 Å². The molecule has 0 spiro atoms. The van der Waals surface area contributed by atoms with Crippen LogP contribution in [0.15, 0.2) is 18.2 Å². The van der Waals surface area contributed by atoms with E-state index in [0.717, 1.165) is 31.4 Å². The fraction of sp³-hybridized carbons (Fsp3) is 0.500. The third kappa shape index (κ3) is 3.99. The molecule has 1 N–H and O–H groups in total. The zero-order valence-electron chi connectivity index (χ0n) is 10.6. The van der Waals surface area contributed by atoms with E-state index in [1.807, 2.05) is 6.92 Å². The van der Waals surface area contributed by atoms with E-state index in [1.54, 1.807) is 0 Å². The highest BCUT2D eigenvalue weighted by Crippen LogP contribution is 2.31. The average molecular weight is 268 g/mol. The predicted octanol–water partition coefficient (Wildman–Crippen LogP) is 3.12.